The van der Waals surface area contributed by atoms with Crippen LogP contribution in [0.2, 0.25) is 5.02 Å². The first kappa shape index (κ1) is 21.6. The van der Waals surface area contributed by atoms with E-state index in [-0.39, 0.29) is 5.91 Å². The van der Waals surface area contributed by atoms with Crippen LogP contribution in [0.3, 0.4) is 0 Å². The Morgan fingerprint density at radius 1 is 1.28 bits per heavy atom. The van der Waals surface area contributed by atoms with Gasteiger partial charge in [0.25, 0.3) is 5.91 Å². The van der Waals surface area contributed by atoms with Crippen molar-refractivity contribution in [2.24, 2.45) is 0 Å². The van der Waals surface area contributed by atoms with Gasteiger partial charge in [-0.25, -0.2) is 9.97 Å². The van der Waals surface area contributed by atoms with Crippen molar-refractivity contribution in [3.63, 3.8) is 0 Å². The summed E-state index contributed by atoms with van der Waals surface area (Å²) in [5.41, 5.74) is 1.40. The van der Waals surface area contributed by atoms with E-state index in [0.29, 0.717) is 28.3 Å². The summed E-state index contributed by atoms with van der Waals surface area (Å²) >= 11 is 8.05. The van der Waals surface area contributed by atoms with Crippen LogP contribution in [0.1, 0.15) is 29.6 Å². The molecule has 1 amide bonds. The van der Waals surface area contributed by atoms with Gasteiger partial charge in [-0.3, -0.25) is 4.79 Å². The molecule has 5 rings (SSSR count). The predicted octanol–water partition coefficient (Wildman–Crippen LogP) is 3.61. The van der Waals surface area contributed by atoms with Crippen molar-refractivity contribution >= 4 is 44.9 Å². The van der Waals surface area contributed by atoms with Crippen LogP contribution in [-0.4, -0.2) is 66.1 Å². The first-order valence-corrected chi connectivity index (χ1v) is 12.4. The summed E-state index contributed by atoms with van der Waals surface area (Å²) in [6.07, 6.45) is 4.81. The summed E-state index contributed by atoms with van der Waals surface area (Å²) in [6, 6.07) is 8.18. The number of piperazine rings is 1. The molecule has 3 heterocycles. The van der Waals surface area contributed by atoms with Gasteiger partial charge in [0, 0.05) is 54.4 Å². The van der Waals surface area contributed by atoms with E-state index in [0.717, 1.165) is 73.5 Å². The number of halogens is 1. The lowest BCUT2D eigenvalue weighted by Gasteiger charge is -2.27. The molecule has 168 valence electrons. The van der Waals surface area contributed by atoms with Crippen LogP contribution in [0.4, 0.5) is 5.95 Å². The van der Waals surface area contributed by atoms with Crippen LogP contribution in [0.25, 0.3) is 20.7 Å². The normalized spacial score (nSPS) is 16.9. The number of benzene rings is 1. The molecule has 3 N–H and O–H groups in total. The zero-order valence-corrected chi connectivity index (χ0v) is 19.4. The van der Waals surface area contributed by atoms with Crippen molar-refractivity contribution in [1.82, 2.24) is 25.5 Å². The van der Waals surface area contributed by atoms with E-state index < -0.39 is 0 Å². The largest absolute Gasteiger partial charge is 0.354 e. The molecule has 2 aliphatic rings. The van der Waals surface area contributed by atoms with Gasteiger partial charge in [0.2, 0.25) is 5.95 Å². The molecule has 2 fully saturated rings. The molecule has 0 unspecified atom stereocenters. The number of nitrogens with one attached hydrogen (secondary N) is 3. The summed E-state index contributed by atoms with van der Waals surface area (Å²) in [4.78, 5) is 25.1. The number of rotatable bonds is 8. The molecular weight excluding hydrogens is 444 g/mol. The minimum absolute atomic E-state index is 0.0110. The monoisotopic (exact) mass is 470 g/mol. The Balaban J connectivity index is 1.30. The molecular formula is C23H27ClN6OS. The third kappa shape index (κ3) is 5.04. The van der Waals surface area contributed by atoms with Crippen LogP contribution in [0, 0.1) is 0 Å². The summed E-state index contributed by atoms with van der Waals surface area (Å²) in [6.45, 7) is 6.22. The summed E-state index contributed by atoms with van der Waals surface area (Å²) < 4.78 is 1.05. The Labute approximate surface area is 196 Å². The van der Waals surface area contributed by atoms with Gasteiger partial charge in [0.1, 0.15) is 5.69 Å². The number of carbonyl (C=O) groups is 1. The third-order valence-corrected chi connectivity index (χ3v) is 7.22. The maximum Gasteiger partial charge on any atom is 0.252 e. The highest BCUT2D eigenvalue weighted by molar-refractivity contribution is 7.22. The lowest BCUT2D eigenvalue weighted by atomic mass is 10.1. The average Bonchev–Trinajstić information content (AvgIpc) is 3.52. The Morgan fingerprint density at radius 3 is 2.94 bits per heavy atom. The predicted molar refractivity (Wildman–Crippen MR) is 131 cm³/mol. The molecule has 1 aromatic carbocycles. The van der Waals surface area contributed by atoms with E-state index in [4.69, 9.17) is 11.6 Å². The Kier molecular flexibility index (Phi) is 6.54. The highest BCUT2D eigenvalue weighted by atomic mass is 35.5. The molecule has 2 aromatic heterocycles. The van der Waals surface area contributed by atoms with Gasteiger partial charge in [-0.05, 0) is 44.0 Å². The van der Waals surface area contributed by atoms with Crippen molar-refractivity contribution in [3.05, 3.63) is 41.0 Å². The van der Waals surface area contributed by atoms with Crippen molar-refractivity contribution in [3.8, 4) is 10.6 Å². The standard InChI is InChI=1S/C23H27ClN6OS/c24-18-14-27-23(26-7-2-10-30-11-8-25-9-12-30)29-21(18)20-13-17-16(3-1-4-19(17)32-20)22(31)28-15-5-6-15/h1,3-4,13-15,25H,2,5-12H2,(H,28,31)(H,26,27,29). The molecule has 1 saturated heterocycles. The fraction of sp³-hybridized carbons (Fsp3) is 0.435. The quantitative estimate of drug-likeness (QED) is 0.436. The molecule has 1 aliphatic carbocycles. The maximum atomic E-state index is 12.7. The SMILES string of the molecule is O=C(NC1CC1)c1cccc2sc(-c3nc(NCCCN4CCNCC4)ncc3Cl)cc12. The van der Waals surface area contributed by atoms with Crippen LogP contribution in [0.15, 0.2) is 30.5 Å². The minimum Gasteiger partial charge on any atom is -0.354 e. The summed E-state index contributed by atoms with van der Waals surface area (Å²) in [7, 11) is 0. The van der Waals surface area contributed by atoms with Gasteiger partial charge >= 0.3 is 0 Å². The smallest absolute Gasteiger partial charge is 0.252 e. The van der Waals surface area contributed by atoms with Gasteiger partial charge in [0.15, 0.2) is 0 Å². The van der Waals surface area contributed by atoms with E-state index in [1.807, 2.05) is 24.3 Å². The number of hydrogen-bond donors (Lipinski definition) is 3. The average molecular weight is 471 g/mol. The first-order chi connectivity index (χ1) is 15.7. The van der Waals surface area contributed by atoms with E-state index in [2.05, 4.69) is 30.8 Å². The van der Waals surface area contributed by atoms with E-state index >= 15 is 0 Å². The topological polar surface area (TPSA) is 82.2 Å². The number of fused-ring (bicyclic) bond motifs is 1. The van der Waals surface area contributed by atoms with E-state index in [1.165, 1.54) is 0 Å². The number of amides is 1. The molecule has 0 atom stereocenters. The van der Waals surface area contributed by atoms with Gasteiger partial charge in [-0.1, -0.05) is 17.7 Å². The number of anilines is 1. The highest BCUT2D eigenvalue weighted by Crippen LogP contribution is 2.37. The molecule has 0 radical (unpaired) electrons. The molecule has 7 nitrogen and oxygen atoms in total. The maximum absolute atomic E-state index is 12.7. The van der Waals surface area contributed by atoms with Crippen LogP contribution < -0.4 is 16.0 Å². The van der Waals surface area contributed by atoms with Crippen molar-refractivity contribution in [1.29, 1.82) is 0 Å². The fourth-order valence-corrected chi connectivity index (χ4v) is 5.27. The molecule has 1 aliphatic heterocycles. The van der Waals surface area contributed by atoms with E-state index in [1.54, 1.807) is 17.5 Å². The molecule has 9 heteroatoms. The Hall–Kier alpha value is -2.26. The summed E-state index contributed by atoms with van der Waals surface area (Å²) in [5, 5.41) is 11.2. The second-order valence-corrected chi connectivity index (χ2v) is 9.83. The van der Waals surface area contributed by atoms with Gasteiger partial charge in [-0.15, -0.1) is 11.3 Å². The number of hydrogen-bond acceptors (Lipinski definition) is 7. The third-order valence-electron chi connectivity index (χ3n) is 5.84. The lowest BCUT2D eigenvalue weighted by Crippen LogP contribution is -2.44. The number of thiophene rings is 1. The van der Waals surface area contributed by atoms with Crippen LogP contribution in [-0.2, 0) is 0 Å². The number of carbonyl (C=O) groups excluding carboxylic acids is 1. The van der Waals surface area contributed by atoms with Crippen molar-refractivity contribution in [2.45, 2.75) is 25.3 Å². The molecule has 0 spiro atoms. The van der Waals surface area contributed by atoms with Crippen molar-refractivity contribution < 1.29 is 4.79 Å². The molecule has 3 aromatic rings. The number of nitrogens with zero attached hydrogens (tertiary/aromatic N) is 3. The lowest BCUT2D eigenvalue weighted by molar-refractivity contribution is 0.0953. The van der Waals surface area contributed by atoms with Crippen LogP contribution >= 0.6 is 22.9 Å². The van der Waals surface area contributed by atoms with Gasteiger partial charge < -0.3 is 20.9 Å². The minimum atomic E-state index is -0.0110. The van der Waals surface area contributed by atoms with Gasteiger partial charge in [-0.2, -0.15) is 0 Å². The zero-order valence-electron chi connectivity index (χ0n) is 17.9. The van der Waals surface area contributed by atoms with Gasteiger partial charge in [0.05, 0.1) is 16.1 Å². The summed E-state index contributed by atoms with van der Waals surface area (Å²) in [5.74, 6) is 0.567. The molecule has 0 bridgehead atoms. The number of aromatic nitrogens is 2. The molecule has 32 heavy (non-hydrogen) atoms. The molecule has 1 saturated carbocycles. The second-order valence-electron chi connectivity index (χ2n) is 8.34. The van der Waals surface area contributed by atoms with Crippen molar-refractivity contribution in [2.75, 3.05) is 44.6 Å². The zero-order chi connectivity index (χ0) is 21.9. The fourth-order valence-electron chi connectivity index (χ4n) is 3.93. The first-order valence-electron chi connectivity index (χ1n) is 11.2. The second kappa shape index (κ2) is 9.70. The van der Waals surface area contributed by atoms with Crippen LogP contribution in [0.5, 0.6) is 0 Å². The Bertz CT molecular complexity index is 1110. The highest BCUT2D eigenvalue weighted by Gasteiger charge is 2.25. The Morgan fingerprint density at radius 2 is 2.12 bits per heavy atom. The van der Waals surface area contributed by atoms with E-state index in [9.17, 15) is 4.79 Å².